The first-order chi connectivity index (χ1) is 12.1. The van der Waals surface area contributed by atoms with Gasteiger partial charge in [0.15, 0.2) is 0 Å². The summed E-state index contributed by atoms with van der Waals surface area (Å²) in [4.78, 5) is 24.1. The van der Waals surface area contributed by atoms with Gasteiger partial charge in [0.2, 0.25) is 12.3 Å². The number of para-hydroxylation sites is 1. The number of nitrogens with zero attached hydrogens (tertiary/aromatic N) is 2. The summed E-state index contributed by atoms with van der Waals surface area (Å²) >= 11 is 0. The number of carbonyl (C=O) groups excluding carboxylic acids is 1. The van der Waals surface area contributed by atoms with E-state index in [4.69, 9.17) is 9.47 Å². The van der Waals surface area contributed by atoms with E-state index in [9.17, 15) is 14.9 Å². The van der Waals surface area contributed by atoms with Crippen molar-refractivity contribution in [2.24, 2.45) is 0 Å². The van der Waals surface area contributed by atoms with E-state index in [1.165, 1.54) is 11.0 Å². The molecular formula is C18H16N2O5. The highest BCUT2D eigenvalue weighted by Crippen LogP contribution is 2.33. The van der Waals surface area contributed by atoms with Crippen molar-refractivity contribution in [2.75, 3.05) is 12.0 Å². The van der Waals surface area contributed by atoms with Crippen LogP contribution in [0.1, 0.15) is 0 Å². The molecule has 7 nitrogen and oxygen atoms in total. The van der Waals surface area contributed by atoms with Gasteiger partial charge in [-0.15, -0.1) is 0 Å². The number of rotatable bonds is 6. The number of carbonyl (C=O) groups is 1. The van der Waals surface area contributed by atoms with Crippen LogP contribution in [0.3, 0.4) is 0 Å². The lowest BCUT2D eigenvalue weighted by atomic mass is 9.96. The van der Waals surface area contributed by atoms with Crippen LogP contribution in [0.15, 0.2) is 66.9 Å². The molecule has 0 aliphatic carbocycles. The lowest BCUT2D eigenvalue weighted by Gasteiger charge is -2.44. The van der Waals surface area contributed by atoms with Gasteiger partial charge < -0.3 is 9.47 Å². The molecule has 25 heavy (non-hydrogen) atoms. The zero-order valence-corrected chi connectivity index (χ0v) is 13.4. The Bertz CT molecular complexity index is 789. The summed E-state index contributed by atoms with van der Waals surface area (Å²) in [6, 6.07) is 15.2. The summed E-state index contributed by atoms with van der Waals surface area (Å²) in [7, 11) is 1.55. The minimum atomic E-state index is -0.805. The third kappa shape index (κ3) is 3.45. The highest BCUT2D eigenvalue weighted by molar-refractivity contribution is 6.05. The number of amides is 1. The van der Waals surface area contributed by atoms with Crippen LogP contribution in [0.2, 0.25) is 0 Å². The lowest BCUT2D eigenvalue weighted by Crippen LogP contribution is -2.66. The monoisotopic (exact) mass is 340 g/mol. The van der Waals surface area contributed by atoms with E-state index in [0.717, 1.165) is 6.20 Å². The molecule has 1 saturated heterocycles. The molecule has 128 valence electrons. The first kappa shape index (κ1) is 16.5. The van der Waals surface area contributed by atoms with E-state index in [-0.39, 0.29) is 5.91 Å². The second-order valence-electron chi connectivity index (χ2n) is 5.38. The molecule has 0 spiro atoms. The Morgan fingerprint density at radius 2 is 1.76 bits per heavy atom. The van der Waals surface area contributed by atoms with E-state index < -0.39 is 17.1 Å². The SMILES string of the molecule is COc1ccc(N2C(=O)[C@H](Oc3ccccc3)[C@@H]2/C=C/[N+](=O)[O-])cc1. The van der Waals surface area contributed by atoms with Crippen LogP contribution in [0, 0.1) is 10.1 Å². The number of methoxy groups -OCH3 is 1. The Morgan fingerprint density at radius 3 is 2.36 bits per heavy atom. The molecule has 7 heteroatoms. The molecule has 1 heterocycles. The van der Waals surface area contributed by atoms with Crippen molar-refractivity contribution in [3.8, 4) is 11.5 Å². The van der Waals surface area contributed by atoms with Gasteiger partial charge in [-0.25, -0.2) is 0 Å². The summed E-state index contributed by atoms with van der Waals surface area (Å²) in [6.07, 6.45) is 1.38. The van der Waals surface area contributed by atoms with Crippen LogP contribution < -0.4 is 14.4 Å². The third-order valence-electron chi connectivity index (χ3n) is 3.85. The average molecular weight is 340 g/mol. The molecule has 1 aliphatic heterocycles. The van der Waals surface area contributed by atoms with Gasteiger partial charge in [-0.1, -0.05) is 18.2 Å². The van der Waals surface area contributed by atoms with Crippen LogP contribution in [0.5, 0.6) is 11.5 Å². The Labute approximate surface area is 144 Å². The highest BCUT2D eigenvalue weighted by Gasteiger charge is 2.49. The van der Waals surface area contributed by atoms with E-state index in [1.54, 1.807) is 55.6 Å². The third-order valence-corrected chi connectivity index (χ3v) is 3.85. The van der Waals surface area contributed by atoms with Crippen LogP contribution in [0.4, 0.5) is 5.69 Å². The fourth-order valence-electron chi connectivity index (χ4n) is 2.64. The Balaban J connectivity index is 1.84. The maximum atomic E-state index is 12.5. The molecule has 0 N–H and O–H groups in total. The largest absolute Gasteiger partial charge is 0.497 e. The number of benzene rings is 2. The fourth-order valence-corrected chi connectivity index (χ4v) is 2.64. The summed E-state index contributed by atoms with van der Waals surface area (Å²) in [5.74, 6) is 0.938. The Kier molecular flexibility index (Phi) is 4.65. The van der Waals surface area contributed by atoms with Crippen molar-refractivity contribution in [3.05, 3.63) is 77.0 Å². The van der Waals surface area contributed by atoms with Crippen molar-refractivity contribution in [1.82, 2.24) is 0 Å². The maximum Gasteiger partial charge on any atom is 0.271 e. The first-order valence-corrected chi connectivity index (χ1v) is 7.61. The highest BCUT2D eigenvalue weighted by atomic mass is 16.6. The van der Waals surface area contributed by atoms with Crippen LogP contribution in [-0.4, -0.2) is 30.1 Å². The van der Waals surface area contributed by atoms with Crippen molar-refractivity contribution in [2.45, 2.75) is 12.1 Å². The molecule has 0 radical (unpaired) electrons. The van der Waals surface area contributed by atoms with Crippen molar-refractivity contribution in [1.29, 1.82) is 0 Å². The maximum absolute atomic E-state index is 12.5. The van der Waals surface area contributed by atoms with Gasteiger partial charge in [-0.05, 0) is 36.4 Å². The summed E-state index contributed by atoms with van der Waals surface area (Å²) < 4.78 is 10.8. The number of β-lactam (4-membered cyclic amide) rings is 1. The van der Waals surface area contributed by atoms with E-state index >= 15 is 0 Å². The van der Waals surface area contributed by atoms with Gasteiger partial charge in [0.25, 0.3) is 5.91 Å². The average Bonchev–Trinajstić information content (AvgIpc) is 2.64. The Hall–Kier alpha value is -3.35. The minimum Gasteiger partial charge on any atom is -0.497 e. The molecule has 0 bridgehead atoms. The van der Waals surface area contributed by atoms with Crippen LogP contribution >= 0.6 is 0 Å². The minimum absolute atomic E-state index is 0.257. The zero-order valence-electron chi connectivity index (χ0n) is 13.4. The first-order valence-electron chi connectivity index (χ1n) is 7.61. The van der Waals surface area contributed by atoms with Gasteiger partial charge in [0, 0.05) is 11.8 Å². The molecule has 2 atom stereocenters. The quantitative estimate of drug-likeness (QED) is 0.459. The molecule has 3 rings (SSSR count). The van der Waals surface area contributed by atoms with E-state index in [2.05, 4.69) is 0 Å². The molecule has 0 aromatic heterocycles. The molecule has 0 saturated carbocycles. The van der Waals surface area contributed by atoms with Gasteiger partial charge >= 0.3 is 0 Å². The van der Waals surface area contributed by atoms with Crippen LogP contribution in [-0.2, 0) is 4.79 Å². The standard InChI is InChI=1S/C18H16N2O5/c1-24-14-9-7-13(8-10-14)20-16(11-12-19(22)23)17(18(20)21)25-15-5-3-2-4-6-15/h2-12,16-17H,1H3/b12-11+/t16-,17+/m0/s1. The second kappa shape index (κ2) is 7.04. The second-order valence-corrected chi connectivity index (χ2v) is 5.38. The predicted octanol–water partition coefficient (Wildman–Crippen LogP) is 2.65. The topological polar surface area (TPSA) is 81.9 Å². The molecule has 2 aromatic carbocycles. The molecule has 1 fully saturated rings. The number of ether oxygens (including phenoxy) is 2. The smallest absolute Gasteiger partial charge is 0.271 e. The van der Waals surface area contributed by atoms with E-state index in [1.807, 2.05) is 6.07 Å². The van der Waals surface area contributed by atoms with Crippen molar-refractivity contribution < 1.29 is 19.2 Å². The molecule has 1 aliphatic rings. The summed E-state index contributed by atoms with van der Waals surface area (Å²) in [6.45, 7) is 0. The normalized spacial score (nSPS) is 19.6. The van der Waals surface area contributed by atoms with E-state index in [0.29, 0.717) is 17.2 Å². The molecule has 2 aromatic rings. The fraction of sp³-hybridized carbons (Fsp3) is 0.167. The van der Waals surface area contributed by atoms with Gasteiger partial charge in [0.05, 0.1) is 12.0 Å². The number of anilines is 1. The molecular weight excluding hydrogens is 324 g/mol. The summed E-state index contributed by atoms with van der Waals surface area (Å²) in [5, 5.41) is 10.7. The van der Waals surface area contributed by atoms with Crippen LogP contribution in [0.25, 0.3) is 0 Å². The zero-order chi connectivity index (χ0) is 17.8. The van der Waals surface area contributed by atoms with Crippen molar-refractivity contribution in [3.63, 3.8) is 0 Å². The van der Waals surface area contributed by atoms with Crippen molar-refractivity contribution >= 4 is 11.6 Å². The Morgan fingerprint density at radius 1 is 1.08 bits per heavy atom. The number of hydrogen-bond donors (Lipinski definition) is 0. The van der Waals surface area contributed by atoms with Gasteiger partial charge in [-0.3, -0.25) is 19.8 Å². The summed E-state index contributed by atoms with van der Waals surface area (Å²) in [5.41, 5.74) is 0.622. The van der Waals surface area contributed by atoms with Gasteiger partial charge in [-0.2, -0.15) is 0 Å². The van der Waals surface area contributed by atoms with Gasteiger partial charge in [0.1, 0.15) is 17.5 Å². The predicted molar refractivity (Wildman–Crippen MR) is 91.3 cm³/mol. The number of hydrogen-bond acceptors (Lipinski definition) is 5. The molecule has 0 unspecified atom stereocenters. The number of nitro groups is 1. The lowest BCUT2D eigenvalue weighted by molar-refractivity contribution is -0.402. The molecule has 1 amide bonds.